The van der Waals surface area contributed by atoms with Crippen molar-refractivity contribution in [2.75, 3.05) is 0 Å². The third kappa shape index (κ3) is 2.79. The van der Waals surface area contributed by atoms with Gasteiger partial charge in [0.05, 0.1) is 11.0 Å². The van der Waals surface area contributed by atoms with Gasteiger partial charge in [-0.15, -0.1) is 0 Å². The van der Waals surface area contributed by atoms with Crippen molar-refractivity contribution >= 4 is 59.5 Å². The Balaban J connectivity index is 1.64. The molecule has 0 saturated carbocycles. The van der Waals surface area contributed by atoms with Crippen molar-refractivity contribution in [3.05, 3.63) is 108 Å². The molecule has 2 nitrogen and oxygen atoms in total. The monoisotopic (exact) mass is 486 g/mol. The van der Waals surface area contributed by atoms with Crippen LogP contribution in [-0.4, -0.2) is 9.97 Å². The fourth-order valence-electron chi connectivity index (χ4n) is 5.17. The summed E-state index contributed by atoms with van der Waals surface area (Å²) < 4.78 is 1.08. The second kappa shape index (κ2) is 7.09. The van der Waals surface area contributed by atoms with E-state index in [1.807, 2.05) is 0 Å². The van der Waals surface area contributed by atoms with Crippen LogP contribution in [0.5, 0.6) is 0 Å². The van der Waals surface area contributed by atoms with Gasteiger partial charge < -0.3 is 9.97 Å². The van der Waals surface area contributed by atoms with Crippen LogP contribution in [0.4, 0.5) is 0 Å². The van der Waals surface area contributed by atoms with Gasteiger partial charge in [-0.1, -0.05) is 94.8 Å². The summed E-state index contributed by atoms with van der Waals surface area (Å²) in [7, 11) is 0. The molecule has 0 spiro atoms. The van der Waals surface area contributed by atoms with Crippen molar-refractivity contribution in [1.82, 2.24) is 9.97 Å². The zero-order chi connectivity index (χ0) is 21.9. The molecule has 0 aliphatic heterocycles. The lowest BCUT2D eigenvalue weighted by atomic mass is 9.93. The highest BCUT2D eigenvalue weighted by Crippen LogP contribution is 2.43. The van der Waals surface area contributed by atoms with E-state index in [4.69, 9.17) is 0 Å². The van der Waals surface area contributed by atoms with Gasteiger partial charge >= 0.3 is 0 Å². The summed E-state index contributed by atoms with van der Waals surface area (Å²) in [6.07, 6.45) is 0. The van der Waals surface area contributed by atoms with Crippen LogP contribution in [0.3, 0.4) is 0 Å². The van der Waals surface area contributed by atoms with Gasteiger partial charge in [-0.3, -0.25) is 0 Å². The van der Waals surface area contributed by atoms with E-state index in [1.165, 1.54) is 54.8 Å². The molecule has 2 aromatic heterocycles. The highest BCUT2D eigenvalue weighted by Gasteiger charge is 2.18. The van der Waals surface area contributed by atoms with Gasteiger partial charge in [-0.2, -0.15) is 0 Å². The largest absolute Gasteiger partial charge is 0.354 e. The Morgan fingerprint density at radius 2 is 1.12 bits per heavy atom. The van der Waals surface area contributed by atoms with Crippen molar-refractivity contribution < 1.29 is 0 Å². The Morgan fingerprint density at radius 1 is 0.485 bits per heavy atom. The maximum Gasteiger partial charge on any atom is 0.0550 e. The Labute approximate surface area is 199 Å². The van der Waals surface area contributed by atoms with Gasteiger partial charge in [0.2, 0.25) is 0 Å². The molecule has 0 bridgehead atoms. The fourth-order valence-corrected chi connectivity index (χ4v) is 5.63. The van der Waals surface area contributed by atoms with Crippen molar-refractivity contribution in [2.45, 2.75) is 0 Å². The minimum Gasteiger partial charge on any atom is -0.354 e. The molecule has 2 heterocycles. The number of H-pyrrole nitrogens is 2. The highest BCUT2D eigenvalue weighted by molar-refractivity contribution is 9.10. The number of halogens is 1. The number of rotatable bonds is 2. The number of para-hydroxylation sites is 2. The van der Waals surface area contributed by atoms with Crippen LogP contribution < -0.4 is 0 Å². The van der Waals surface area contributed by atoms with Crippen LogP contribution >= 0.6 is 15.9 Å². The van der Waals surface area contributed by atoms with Gasteiger partial charge in [-0.25, -0.2) is 0 Å². The number of aromatic nitrogens is 2. The second-order valence-electron chi connectivity index (χ2n) is 8.49. The van der Waals surface area contributed by atoms with E-state index in [0.29, 0.717) is 0 Å². The minimum absolute atomic E-state index is 1.08. The van der Waals surface area contributed by atoms with Gasteiger partial charge in [0.15, 0.2) is 0 Å². The van der Waals surface area contributed by atoms with Crippen molar-refractivity contribution in [3.63, 3.8) is 0 Å². The zero-order valence-corrected chi connectivity index (χ0v) is 19.3. The molecule has 0 aliphatic rings. The lowest BCUT2D eigenvalue weighted by molar-refractivity contribution is 1.52. The molecule has 2 N–H and O–H groups in total. The molecule has 0 atom stereocenters. The molecule has 5 aromatic carbocycles. The normalized spacial score (nSPS) is 11.8. The van der Waals surface area contributed by atoms with E-state index in [1.54, 1.807) is 0 Å². The quantitative estimate of drug-likeness (QED) is 0.244. The molecule has 0 saturated heterocycles. The number of hydrogen-bond acceptors (Lipinski definition) is 0. The SMILES string of the molecule is Brc1cc(-c2ccc(-c3ccccc3)c3[nH]c4ccccc4c23)c2[nH]c3ccccc3c2c1. The molecule has 3 heteroatoms. The van der Waals surface area contributed by atoms with E-state index in [-0.39, 0.29) is 0 Å². The fraction of sp³-hybridized carbons (Fsp3) is 0. The van der Waals surface area contributed by atoms with Gasteiger partial charge in [0.25, 0.3) is 0 Å². The number of aromatic amines is 2. The topological polar surface area (TPSA) is 31.6 Å². The van der Waals surface area contributed by atoms with Gasteiger partial charge in [0.1, 0.15) is 0 Å². The summed E-state index contributed by atoms with van der Waals surface area (Å²) in [5, 5.41) is 4.97. The Hall–Kier alpha value is -3.82. The summed E-state index contributed by atoms with van der Waals surface area (Å²) in [5.41, 5.74) is 9.49. The first kappa shape index (κ1) is 18.7. The third-order valence-corrected chi connectivity index (χ3v) is 7.07. The van der Waals surface area contributed by atoms with Crippen LogP contribution in [0, 0.1) is 0 Å². The Morgan fingerprint density at radius 3 is 1.94 bits per heavy atom. The summed E-state index contributed by atoms with van der Waals surface area (Å²) in [4.78, 5) is 7.42. The third-order valence-electron chi connectivity index (χ3n) is 6.62. The molecule has 0 unspecified atom stereocenters. The molecular formula is C30H19BrN2. The number of hydrogen-bond donors (Lipinski definition) is 2. The van der Waals surface area contributed by atoms with E-state index in [2.05, 4.69) is 129 Å². The summed E-state index contributed by atoms with van der Waals surface area (Å²) in [6.45, 7) is 0. The smallest absolute Gasteiger partial charge is 0.0550 e. The molecule has 7 rings (SSSR count). The zero-order valence-electron chi connectivity index (χ0n) is 17.7. The van der Waals surface area contributed by atoms with Gasteiger partial charge in [0, 0.05) is 48.2 Å². The number of benzene rings is 5. The van der Waals surface area contributed by atoms with Crippen molar-refractivity contribution in [1.29, 1.82) is 0 Å². The lowest BCUT2D eigenvalue weighted by Gasteiger charge is -2.11. The standard InChI is InChI=1S/C30H19BrN2/c31-19-16-24-21-10-4-6-12-26(21)32-29(24)25(17-19)22-15-14-20(18-8-2-1-3-9-18)30-28(22)23-11-5-7-13-27(23)33-30/h1-17,32-33H. The number of nitrogens with one attached hydrogen (secondary N) is 2. The maximum atomic E-state index is 3.79. The second-order valence-corrected chi connectivity index (χ2v) is 9.41. The first-order valence-electron chi connectivity index (χ1n) is 11.1. The summed E-state index contributed by atoms with van der Waals surface area (Å²) in [5.74, 6) is 0. The first-order chi connectivity index (χ1) is 16.3. The Kier molecular flexibility index (Phi) is 4.02. The minimum atomic E-state index is 1.08. The van der Waals surface area contributed by atoms with Crippen molar-refractivity contribution in [3.8, 4) is 22.3 Å². The highest BCUT2D eigenvalue weighted by atomic mass is 79.9. The number of fused-ring (bicyclic) bond motifs is 6. The van der Waals surface area contributed by atoms with Gasteiger partial charge in [-0.05, 0) is 35.4 Å². The van der Waals surface area contributed by atoms with E-state index in [0.717, 1.165) is 15.5 Å². The van der Waals surface area contributed by atoms with Crippen LogP contribution in [0.15, 0.2) is 108 Å². The predicted octanol–water partition coefficient (Wildman–Crippen LogP) is 9.05. The average Bonchev–Trinajstić information content (AvgIpc) is 3.43. The lowest BCUT2D eigenvalue weighted by Crippen LogP contribution is -1.86. The van der Waals surface area contributed by atoms with Crippen LogP contribution in [0.25, 0.3) is 65.9 Å². The maximum absolute atomic E-state index is 3.79. The van der Waals surface area contributed by atoms with Crippen LogP contribution in [-0.2, 0) is 0 Å². The van der Waals surface area contributed by atoms with E-state index in [9.17, 15) is 0 Å². The molecule has 33 heavy (non-hydrogen) atoms. The molecule has 0 fully saturated rings. The Bertz CT molecular complexity index is 1820. The van der Waals surface area contributed by atoms with E-state index < -0.39 is 0 Å². The molecule has 0 aliphatic carbocycles. The average molecular weight is 487 g/mol. The van der Waals surface area contributed by atoms with Crippen LogP contribution in [0.1, 0.15) is 0 Å². The summed E-state index contributed by atoms with van der Waals surface area (Å²) in [6, 6.07) is 36.7. The van der Waals surface area contributed by atoms with E-state index >= 15 is 0 Å². The molecule has 0 radical (unpaired) electrons. The van der Waals surface area contributed by atoms with Crippen LogP contribution in [0.2, 0.25) is 0 Å². The molecule has 156 valence electrons. The summed E-state index contributed by atoms with van der Waals surface area (Å²) >= 11 is 3.79. The first-order valence-corrected chi connectivity index (χ1v) is 11.9. The molecular weight excluding hydrogens is 468 g/mol. The van der Waals surface area contributed by atoms with Crippen molar-refractivity contribution in [2.24, 2.45) is 0 Å². The predicted molar refractivity (Wildman–Crippen MR) is 144 cm³/mol. The molecule has 7 aromatic rings. The molecule has 0 amide bonds.